The Bertz CT molecular complexity index is 1840. The molecular weight excluding hydrogens is 502 g/mol. The third-order valence-electron chi connectivity index (χ3n) is 6.52. The van der Waals surface area contributed by atoms with Gasteiger partial charge in [0.1, 0.15) is 23.0 Å². The van der Waals surface area contributed by atoms with Gasteiger partial charge in [0, 0.05) is 55.6 Å². The number of nitrogens with one attached hydrogen (secondary N) is 1. The number of fused-ring (bicyclic) bond motifs is 2. The van der Waals surface area contributed by atoms with Gasteiger partial charge in [-0.25, -0.2) is 13.8 Å². The van der Waals surface area contributed by atoms with Crippen LogP contribution in [0, 0.1) is 11.6 Å². The molecule has 0 aliphatic carbocycles. The van der Waals surface area contributed by atoms with Crippen LogP contribution in [0.3, 0.4) is 0 Å². The van der Waals surface area contributed by atoms with Crippen LogP contribution in [0.25, 0.3) is 56.1 Å². The lowest BCUT2D eigenvalue weighted by Gasteiger charge is -2.18. The molecule has 194 valence electrons. The Labute approximate surface area is 221 Å². The summed E-state index contributed by atoms with van der Waals surface area (Å²) in [5.41, 5.74) is 4.57. The molecular formula is C30H22F2N4O3. The Balaban J connectivity index is 1.58. The summed E-state index contributed by atoms with van der Waals surface area (Å²) in [6.07, 6.45) is 1.59. The van der Waals surface area contributed by atoms with Gasteiger partial charge in [0.15, 0.2) is 11.2 Å². The molecule has 0 bridgehead atoms. The number of aromatic nitrogens is 2. The van der Waals surface area contributed by atoms with Crippen LogP contribution >= 0.6 is 0 Å². The maximum Gasteiger partial charge on any atom is 0.255 e. The summed E-state index contributed by atoms with van der Waals surface area (Å²) >= 11 is 0. The lowest BCUT2D eigenvalue weighted by Crippen LogP contribution is -2.18. The first-order valence-electron chi connectivity index (χ1n) is 12.1. The summed E-state index contributed by atoms with van der Waals surface area (Å²) in [5.74, 6) is -0.801. The van der Waals surface area contributed by atoms with Crippen molar-refractivity contribution in [1.29, 1.82) is 0 Å². The smallest absolute Gasteiger partial charge is 0.255 e. The van der Waals surface area contributed by atoms with Crippen molar-refractivity contribution in [2.45, 2.75) is 0 Å². The van der Waals surface area contributed by atoms with E-state index in [0.29, 0.717) is 44.7 Å². The highest BCUT2D eigenvalue weighted by atomic mass is 19.1. The third kappa shape index (κ3) is 4.17. The normalized spacial score (nSPS) is 11.3. The van der Waals surface area contributed by atoms with Gasteiger partial charge in [0.05, 0.1) is 11.1 Å². The number of hydrogen-bond acceptors (Lipinski definition) is 6. The quantitative estimate of drug-likeness (QED) is 0.271. The second kappa shape index (κ2) is 9.36. The highest BCUT2D eigenvalue weighted by Gasteiger charge is 2.24. The van der Waals surface area contributed by atoms with Crippen LogP contribution in [0.2, 0.25) is 0 Å². The molecule has 0 saturated heterocycles. The zero-order valence-electron chi connectivity index (χ0n) is 21.3. The molecule has 0 spiro atoms. The third-order valence-corrected chi connectivity index (χ3v) is 6.52. The van der Waals surface area contributed by atoms with Crippen molar-refractivity contribution >= 4 is 33.8 Å². The molecule has 0 aliphatic heterocycles. The SMILES string of the molecule is CNC(=O)c1c(-c2ccc(F)cc2)oc2cc(N(C)C)c(-c3ccc(F)c(-c4nc5ncccc5o4)c3)cc12. The predicted octanol–water partition coefficient (Wildman–Crippen LogP) is 6.67. The lowest BCUT2D eigenvalue weighted by atomic mass is 9.96. The number of anilines is 1. The summed E-state index contributed by atoms with van der Waals surface area (Å²) in [5, 5.41) is 3.23. The summed E-state index contributed by atoms with van der Waals surface area (Å²) in [6, 6.07) is 17.5. The van der Waals surface area contributed by atoms with E-state index in [4.69, 9.17) is 8.83 Å². The number of benzene rings is 3. The average molecular weight is 525 g/mol. The van der Waals surface area contributed by atoms with Crippen LogP contribution in [0.5, 0.6) is 0 Å². The van der Waals surface area contributed by atoms with E-state index in [1.165, 1.54) is 25.2 Å². The Morgan fingerprint density at radius 1 is 0.897 bits per heavy atom. The first kappa shape index (κ1) is 24.3. The second-order valence-corrected chi connectivity index (χ2v) is 9.19. The van der Waals surface area contributed by atoms with E-state index in [0.717, 1.165) is 11.3 Å². The van der Waals surface area contributed by atoms with Gasteiger partial charge in [-0.2, -0.15) is 4.98 Å². The molecule has 0 fully saturated rings. The van der Waals surface area contributed by atoms with E-state index >= 15 is 4.39 Å². The molecule has 0 unspecified atom stereocenters. The zero-order chi connectivity index (χ0) is 27.3. The van der Waals surface area contributed by atoms with Crippen molar-refractivity contribution in [3.05, 3.63) is 90.1 Å². The Hall–Kier alpha value is -5.05. The number of carbonyl (C=O) groups excluding carboxylic acids is 1. The molecule has 0 radical (unpaired) electrons. The fraction of sp³-hybridized carbons (Fsp3) is 0.100. The molecule has 0 aliphatic rings. The van der Waals surface area contributed by atoms with Gasteiger partial charge in [-0.3, -0.25) is 4.79 Å². The monoisotopic (exact) mass is 524 g/mol. The van der Waals surface area contributed by atoms with Crippen molar-refractivity contribution < 1.29 is 22.4 Å². The number of furan rings is 1. The standard InChI is InChI=1S/C30H22F2N4O3/c1-33-29(37)26-21-14-19(23(36(2)3)15-25(21)38-27(26)16-6-9-18(31)10-7-16)17-8-11-22(32)20(13-17)30-35-28-24(39-30)5-4-12-34-28/h4-15H,1-3H3,(H,33,37). The summed E-state index contributed by atoms with van der Waals surface area (Å²) in [4.78, 5) is 23.5. The van der Waals surface area contributed by atoms with E-state index in [2.05, 4.69) is 15.3 Å². The van der Waals surface area contributed by atoms with Crippen LogP contribution in [-0.2, 0) is 0 Å². The largest absolute Gasteiger partial charge is 0.455 e. The summed E-state index contributed by atoms with van der Waals surface area (Å²) in [7, 11) is 5.29. The molecule has 6 aromatic rings. The minimum absolute atomic E-state index is 0.114. The Morgan fingerprint density at radius 2 is 1.67 bits per heavy atom. The molecule has 39 heavy (non-hydrogen) atoms. The number of carbonyl (C=O) groups is 1. The maximum atomic E-state index is 15.0. The molecule has 7 nitrogen and oxygen atoms in total. The van der Waals surface area contributed by atoms with Gasteiger partial charge >= 0.3 is 0 Å². The lowest BCUT2D eigenvalue weighted by molar-refractivity contribution is 0.0964. The van der Waals surface area contributed by atoms with Crippen LogP contribution in [0.4, 0.5) is 14.5 Å². The Kier molecular flexibility index (Phi) is 5.83. The second-order valence-electron chi connectivity index (χ2n) is 9.19. The average Bonchev–Trinajstić information content (AvgIpc) is 3.54. The van der Waals surface area contributed by atoms with Gasteiger partial charge in [0.2, 0.25) is 5.89 Å². The van der Waals surface area contributed by atoms with Gasteiger partial charge in [-0.15, -0.1) is 0 Å². The molecule has 1 N–H and O–H groups in total. The van der Waals surface area contributed by atoms with Crippen molar-refractivity contribution in [2.75, 3.05) is 26.0 Å². The van der Waals surface area contributed by atoms with Crippen molar-refractivity contribution in [3.8, 4) is 33.9 Å². The highest BCUT2D eigenvalue weighted by molar-refractivity contribution is 6.13. The summed E-state index contributed by atoms with van der Waals surface area (Å²) in [6.45, 7) is 0. The van der Waals surface area contributed by atoms with E-state index < -0.39 is 11.6 Å². The van der Waals surface area contributed by atoms with E-state index in [1.54, 1.807) is 42.6 Å². The molecule has 0 saturated carbocycles. The molecule has 3 aromatic heterocycles. The number of hydrogen-bond donors (Lipinski definition) is 1. The van der Waals surface area contributed by atoms with Gasteiger partial charge in [-0.1, -0.05) is 6.07 Å². The number of halogens is 2. The highest BCUT2D eigenvalue weighted by Crippen LogP contribution is 2.41. The van der Waals surface area contributed by atoms with Crippen LogP contribution in [0.1, 0.15) is 10.4 Å². The predicted molar refractivity (Wildman–Crippen MR) is 146 cm³/mol. The van der Waals surface area contributed by atoms with Gasteiger partial charge < -0.3 is 19.1 Å². The first-order chi connectivity index (χ1) is 18.8. The molecule has 0 atom stereocenters. The van der Waals surface area contributed by atoms with Crippen molar-refractivity contribution in [3.63, 3.8) is 0 Å². The number of pyridine rings is 1. The number of amides is 1. The Morgan fingerprint density at radius 3 is 2.38 bits per heavy atom. The van der Waals surface area contributed by atoms with Crippen LogP contribution in [-0.4, -0.2) is 37.0 Å². The fourth-order valence-electron chi connectivity index (χ4n) is 4.63. The molecule has 1 amide bonds. The van der Waals surface area contributed by atoms with E-state index in [-0.39, 0.29) is 17.4 Å². The molecule has 3 heterocycles. The zero-order valence-corrected chi connectivity index (χ0v) is 21.3. The topological polar surface area (TPSA) is 84.4 Å². The minimum Gasteiger partial charge on any atom is -0.455 e. The maximum absolute atomic E-state index is 15.0. The van der Waals surface area contributed by atoms with Crippen molar-refractivity contribution in [2.24, 2.45) is 0 Å². The first-order valence-corrected chi connectivity index (χ1v) is 12.1. The van der Waals surface area contributed by atoms with E-state index in [9.17, 15) is 9.18 Å². The van der Waals surface area contributed by atoms with Crippen LogP contribution < -0.4 is 10.2 Å². The van der Waals surface area contributed by atoms with E-state index in [1.807, 2.05) is 31.1 Å². The number of rotatable bonds is 5. The van der Waals surface area contributed by atoms with Gasteiger partial charge in [0.25, 0.3) is 5.91 Å². The minimum atomic E-state index is -0.495. The molecule has 9 heteroatoms. The fourth-order valence-corrected chi connectivity index (χ4v) is 4.63. The number of oxazole rings is 1. The summed E-state index contributed by atoms with van der Waals surface area (Å²) < 4.78 is 40.6. The van der Waals surface area contributed by atoms with Crippen molar-refractivity contribution in [1.82, 2.24) is 15.3 Å². The number of nitrogens with zero attached hydrogens (tertiary/aromatic N) is 3. The molecule has 6 rings (SSSR count). The molecule has 3 aromatic carbocycles. The van der Waals surface area contributed by atoms with Crippen LogP contribution in [0.15, 0.2) is 81.8 Å². The van der Waals surface area contributed by atoms with Gasteiger partial charge in [-0.05, 0) is 60.2 Å².